The van der Waals surface area contributed by atoms with Crippen molar-refractivity contribution in [1.82, 2.24) is 9.80 Å². The Kier molecular flexibility index (Phi) is 28.1. The van der Waals surface area contributed by atoms with Crippen LogP contribution in [0.3, 0.4) is 0 Å². The third-order valence-electron chi connectivity index (χ3n) is 9.09. The average Bonchev–Trinajstić information content (AvgIpc) is 3.18. The summed E-state index contributed by atoms with van der Waals surface area (Å²) >= 11 is -1.99. The van der Waals surface area contributed by atoms with Crippen molar-refractivity contribution in [2.75, 3.05) is 97.1 Å². The van der Waals surface area contributed by atoms with E-state index >= 15 is 0 Å². The van der Waals surface area contributed by atoms with Crippen LogP contribution in [0, 0.1) is 0 Å². The van der Waals surface area contributed by atoms with Crippen LogP contribution in [0.2, 0.25) is 8.87 Å². The van der Waals surface area contributed by atoms with Gasteiger partial charge in [-0.1, -0.05) is 12.8 Å². The Hall–Kier alpha value is -2.54. The smallest absolute Gasteiger partial charge is 0.338 e. The number of hydrogen-bond donors (Lipinski definition) is 1. The van der Waals surface area contributed by atoms with Crippen molar-refractivity contribution in [2.45, 2.75) is 93.9 Å². The van der Waals surface area contributed by atoms with Crippen molar-refractivity contribution < 1.29 is 27.2 Å². The summed E-state index contributed by atoms with van der Waals surface area (Å²) < 4.78 is 23.6. The van der Waals surface area contributed by atoms with Gasteiger partial charge in [0.15, 0.2) is 0 Å². The van der Waals surface area contributed by atoms with Crippen molar-refractivity contribution in [1.29, 1.82) is 0 Å². The molecular formula is C42H72N4O6Sn. The van der Waals surface area contributed by atoms with Crippen molar-refractivity contribution in [3.05, 3.63) is 59.7 Å². The number of aliphatic hydroxyl groups excluding tert-OH is 1. The van der Waals surface area contributed by atoms with Gasteiger partial charge < -0.3 is 29.3 Å². The molecule has 4 rings (SSSR count). The second kappa shape index (κ2) is 30.7. The quantitative estimate of drug-likeness (QED) is 0.133. The number of anilines is 2. The first-order chi connectivity index (χ1) is 25.6. The molecule has 0 saturated carbocycles. The number of carbonyl (C=O) groups excluding carboxylic acids is 2. The fourth-order valence-corrected chi connectivity index (χ4v) is 10.7. The second-order valence-electron chi connectivity index (χ2n) is 14.0. The summed E-state index contributed by atoms with van der Waals surface area (Å²) in [6, 6.07) is 14.8. The molecule has 2 fully saturated rings. The van der Waals surface area contributed by atoms with Gasteiger partial charge in [-0.05, 0) is 107 Å². The van der Waals surface area contributed by atoms with Crippen molar-refractivity contribution >= 4 is 43.1 Å². The molecule has 0 radical (unpaired) electrons. The SMILES string of the molecule is CCC[CH2][Sn](=[O])[CH2]CCC.CCOC(=O)c1ccc(N(C)C)cc1.CN(C)c1ccc(C(=O)OCCN2CCCCC2)cc1.OCCN1CCCCC1. The van der Waals surface area contributed by atoms with Gasteiger partial charge in [0.05, 0.1) is 24.3 Å². The van der Waals surface area contributed by atoms with Crippen LogP contribution in [-0.2, 0) is 12.6 Å². The van der Waals surface area contributed by atoms with E-state index in [1.165, 1.54) is 77.3 Å². The van der Waals surface area contributed by atoms with Gasteiger partial charge in [0.2, 0.25) is 0 Å². The minimum atomic E-state index is -1.99. The van der Waals surface area contributed by atoms with Crippen LogP contribution in [0.4, 0.5) is 11.4 Å². The molecule has 2 heterocycles. The Bertz CT molecular complexity index is 1220. The van der Waals surface area contributed by atoms with E-state index in [1.807, 2.05) is 74.4 Å². The minimum Gasteiger partial charge on any atom is -0.462 e. The molecule has 0 atom stereocenters. The van der Waals surface area contributed by atoms with Crippen LogP contribution in [0.15, 0.2) is 48.5 Å². The van der Waals surface area contributed by atoms with Gasteiger partial charge in [-0.25, -0.2) is 9.59 Å². The summed E-state index contributed by atoms with van der Waals surface area (Å²) in [4.78, 5) is 31.9. The Morgan fingerprint density at radius 1 is 0.642 bits per heavy atom. The van der Waals surface area contributed by atoms with Crippen molar-refractivity contribution in [3.63, 3.8) is 0 Å². The number of esters is 2. The number of rotatable bonds is 16. The van der Waals surface area contributed by atoms with Crippen LogP contribution >= 0.6 is 0 Å². The van der Waals surface area contributed by atoms with E-state index in [1.54, 1.807) is 19.1 Å². The first-order valence-corrected chi connectivity index (χ1v) is 25.2. The molecule has 0 unspecified atom stereocenters. The predicted octanol–water partition coefficient (Wildman–Crippen LogP) is 7.80. The van der Waals surface area contributed by atoms with E-state index in [0.717, 1.165) is 46.4 Å². The number of nitrogens with zero attached hydrogens (tertiary/aromatic N) is 4. The molecule has 10 nitrogen and oxygen atoms in total. The van der Waals surface area contributed by atoms with Gasteiger partial charge in [-0.15, -0.1) is 0 Å². The molecule has 2 aliphatic rings. The van der Waals surface area contributed by atoms with Crippen molar-refractivity contribution in [2.24, 2.45) is 0 Å². The maximum Gasteiger partial charge on any atom is 0.338 e. The van der Waals surface area contributed by atoms with Crippen LogP contribution in [0.1, 0.15) is 106 Å². The summed E-state index contributed by atoms with van der Waals surface area (Å²) in [5.74, 6) is -0.495. The third-order valence-corrected chi connectivity index (χ3v) is 14.3. The molecule has 0 aliphatic carbocycles. The summed E-state index contributed by atoms with van der Waals surface area (Å²) in [7, 11) is 7.87. The zero-order chi connectivity index (χ0) is 39.3. The molecule has 2 aromatic carbocycles. The maximum atomic E-state index is 11.9. The number of β-amino-alcohol motifs (C(OH)–C–C–N with tert-alkyl or cyclic N) is 1. The minimum absolute atomic E-state index is 0.229. The number of carbonyl (C=O) groups is 2. The fraction of sp³-hybridized carbons (Fsp3) is 0.667. The molecule has 1 N–H and O–H groups in total. The normalized spacial score (nSPS) is 14.2. The molecule has 53 heavy (non-hydrogen) atoms. The Morgan fingerprint density at radius 3 is 1.40 bits per heavy atom. The van der Waals surface area contributed by atoms with E-state index in [9.17, 15) is 12.7 Å². The standard InChI is InChI=1S/C16H24N2O2.C11H15NO2.C7H15NO.2C4H9.O.Sn/c1-17(2)15-8-6-14(7-9-15)16(19)20-13-12-18-10-4-3-5-11-18;1-4-14-11(13)9-5-7-10(8-6-9)12(2)3;9-7-6-8-4-2-1-3-5-8;2*1-3-4-2;;/h6-9H,3-5,10-13H2,1-2H3;5-8H,4H2,1-3H3;9H,1-7H2;2*1,3-4H2,2H3;;. The zero-order valence-corrected chi connectivity index (χ0v) is 37.1. The van der Waals surface area contributed by atoms with Gasteiger partial charge in [0.25, 0.3) is 0 Å². The van der Waals surface area contributed by atoms with Crippen molar-refractivity contribution in [3.8, 4) is 0 Å². The molecule has 2 saturated heterocycles. The number of likely N-dealkylation sites (tertiary alicyclic amines) is 2. The fourth-order valence-electron chi connectivity index (χ4n) is 5.74. The van der Waals surface area contributed by atoms with Crippen LogP contribution in [0.25, 0.3) is 0 Å². The van der Waals surface area contributed by atoms with Gasteiger partial charge >= 0.3 is 83.2 Å². The van der Waals surface area contributed by atoms with E-state index in [4.69, 9.17) is 14.6 Å². The molecule has 0 spiro atoms. The number of benzene rings is 2. The first kappa shape index (κ1) is 48.5. The molecule has 0 amide bonds. The Balaban J connectivity index is 0.000000373. The van der Waals surface area contributed by atoms with E-state index < -0.39 is 19.7 Å². The number of ether oxygens (including phenoxy) is 2. The average molecular weight is 848 g/mol. The zero-order valence-electron chi connectivity index (χ0n) is 34.2. The largest absolute Gasteiger partial charge is 0.462 e. The van der Waals surface area contributed by atoms with Gasteiger partial charge in [-0.2, -0.15) is 0 Å². The molecule has 0 bridgehead atoms. The number of hydrogen-bond acceptors (Lipinski definition) is 10. The number of unbranched alkanes of at least 4 members (excludes halogenated alkanes) is 2. The summed E-state index contributed by atoms with van der Waals surface area (Å²) in [6.45, 7) is 13.7. The molecule has 2 aromatic rings. The topological polar surface area (TPSA) is 103 Å². The van der Waals surface area contributed by atoms with Crippen LogP contribution in [-0.4, -0.2) is 134 Å². The number of aliphatic hydroxyl groups is 1. The molecular weight excluding hydrogens is 775 g/mol. The summed E-state index contributed by atoms with van der Waals surface area (Å²) in [5.41, 5.74) is 3.36. The summed E-state index contributed by atoms with van der Waals surface area (Å²) in [6.07, 6.45) is 12.7. The third kappa shape index (κ3) is 23.1. The second-order valence-corrected chi connectivity index (χ2v) is 19.9. The first-order valence-electron chi connectivity index (χ1n) is 20.0. The maximum absolute atomic E-state index is 11.9. The van der Waals surface area contributed by atoms with Gasteiger partial charge in [0, 0.05) is 52.7 Å². The molecule has 300 valence electrons. The Labute approximate surface area is 329 Å². The molecule has 0 aromatic heterocycles. The molecule has 11 heteroatoms. The predicted molar refractivity (Wildman–Crippen MR) is 221 cm³/mol. The molecule has 2 aliphatic heterocycles. The van der Waals surface area contributed by atoms with E-state index in [2.05, 4.69) is 23.6 Å². The van der Waals surface area contributed by atoms with Gasteiger partial charge in [0.1, 0.15) is 6.61 Å². The summed E-state index contributed by atoms with van der Waals surface area (Å²) in [5, 5.41) is 8.58. The van der Waals surface area contributed by atoms with Gasteiger partial charge in [-0.3, -0.25) is 4.90 Å². The number of piperidine rings is 2. The van der Waals surface area contributed by atoms with E-state index in [0.29, 0.717) is 30.9 Å². The van der Waals surface area contributed by atoms with E-state index in [-0.39, 0.29) is 11.9 Å². The monoisotopic (exact) mass is 848 g/mol. The van der Waals surface area contributed by atoms with Crippen LogP contribution < -0.4 is 9.80 Å². The Morgan fingerprint density at radius 2 is 1.04 bits per heavy atom. The van der Waals surface area contributed by atoms with Crippen LogP contribution in [0.5, 0.6) is 0 Å².